The van der Waals surface area contributed by atoms with Gasteiger partial charge in [0.2, 0.25) is 0 Å². The molecule has 0 bridgehead atoms. The average molecular weight is 297 g/mol. The van der Waals surface area contributed by atoms with Crippen LogP contribution in [-0.4, -0.2) is 13.3 Å². The van der Waals surface area contributed by atoms with Crippen LogP contribution in [0.3, 0.4) is 0 Å². The largest absolute Gasteiger partial charge is 1.00 e. The summed E-state index contributed by atoms with van der Waals surface area (Å²) < 4.78 is 5.35. The smallest absolute Gasteiger partial charge is 1.00 e. The molecule has 15 heavy (non-hydrogen) atoms. The van der Waals surface area contributed by atoms with E-state index < -0.39 is 13.3 Å². The molecule has 0 saturated carbocycles. The van der Waals surface area contributed by atoms with Crippen molar-refractivity contribution in [2.75, 3.05) is 0 Å². The van der Waals surface area contributed by atoms with Gasteiger partial charge in [0.25, 0.3) is 0 Å². The molecule has 2 aliphatic rings. The Labute approximate surface area is 107 Å². The SMILES string of the molecule is [CH3][Ge]([CH3])([CH3])[C]1=[C]([Ti+2][C]2=CC=CC2)CC=C1.[H-].[H-]. The zero-order chi connectivity index (χ0) is 10.9. The molecule has 0 fully saturated rings. The van der Waals surface area contributed by atoms with Gasteiger partial charge in [0.05, 0.1) is 0 Å². The molecule has 0 atom stereocenters. The Hall–Kier alpha value is 0.217. The van der Waals surface area contributed by atoms with Crippen LogP contribution < -0.4 is 0 Å². The Bertz CT molecular complexity index is 387. The number of rotatable bonds is 3. The first-order valence-electron chi connectivity index (χ1n) is 5.60. The third-order valence-corrected chi connectivity index (χ3v) is 10.3. The van der Waals surface area contributed by atoms with Gasteiger partial charge in [0.1, 0.15) is 0 Å². The number of hydrogen-bond acceptors (Lipinski definition) is 0. The van der Waals surface area contributed by atoms with E-state index in [-0.39, 0.29) is 22.0 Å². The normalized spacial score (nSPS) is 19.8. The second kappa shape index (κ2) is 4.61. The maximum atomic E-state index is 2.51. The molecule has 0 aliphatic heterocycles. The van der Waals surface area contributed by atoms with E-state index in [4.69, 9.17) is 0 Å². The van der Waals surface area contributed by atoms with Crippen molar-refractivity contribution in [3.05, 3.63) is 42.5 Å². The van der Waals surface area contributed by atoms with E-state index in [1.54, 1.807) is 8.28 Å². The molecular weight excluding hydrogens is 277 g/mol. The number of hydrogen-bond donors (Lipinski definition) is 0. The van der Waals surface area contributed by atoms with Crippen molar-refractivity contribution in [1.29, 1.82) is 0 Å². The molecular formula is C13H20GeTi. The minimum Gasteiger partial charge on any atom is -1.00 e. The summed E-state index contributed by atoms with van der Waals surface area (Å²) in [4.78, 5) is 0. The molecule has 2 aliphatic carbocycles. The van der Waals surface area contributed by atoms with Crippen molar-refractivity contribution in [2.24, 2.45) is 0 Å². The fraction of sp³-hybridized carbons (Fsp3) is 0.385. The standard InChI is InChI=1S/C8H13Ge.C5H5.Ti.2H/c1-9(2,3)8-6-4-5-7-8;1-2-4-5-3-1;;;/h4,6H,5H2,1-3H3;1-3H,4H2;;;/q;;+2;2*-1. The van der Waals surface area contributed by atoms with Crippen LogP contribution in [0.4, 0.5) is 0 Å². The second-order valence-corrected chi connectivity index (χ2v) is 18.1. The molecule has 0 aromatic heterocycles. The van der Waals surface area contributed by atoms with Gasteiger partial charge in [-0.3, -0.25) is 0 Å². The molecule has 0 spiro atoms. The third-order valence-electron chi connectivity index (χ3n) is 2.82. The zero-order valence-electron chi connectivity index (χ0n) is 11.8. The Balaban J connectivity index is 0.00000128. The van der Waals surface area contributed by atoms with Crippen LogP contribution in [0, 0.1) is 0 Å². The van der Waals surface area contributed by atoms with E-state index in [0.717, 1.165) is 0 Å². The van der Waals surface area contributed by atoms with Gasteiger partial charge in [-0.05, 0) is 0 Å². The minimum absolute atomic E-state index is 0. The third kappa shape index (κ3) is 2.86. The van der Waals surface area contributed by atoms with Gasteiger partial charge < -0.3 is 2.85 Å². The van der Waals surface area contributed by atoms with E-state index in [2.05, 4.69) is 47.6 Å². The predicted octanol–water partition coefficient (Wildman–Crippen LogP) is 4.23. The van der Waals surface area contributed by atoms with Crippen LogP contribution in [0.1, 0.15) is 15.7 Å². The van der Waals surface area contributed by atoms with Crippen molar-refractivity contribution in [2.45, 2.75) is 30.1 Å². The second-order valence-electron chi connectivity index (χ2n) is 5.20. The van der Waals surface area contributed by atoms with E-state index in [1.165, 1.54) is 12.8 Å². The summed E-state index contributed by atoms with van der Waals surface area (Å²) in [6, 6.07) is 0. The summed E-state index contributed by atoms with van der Waals surface area (Å²) in [5, 5.41) is 0. The summed E-state index contributed by atoms with van der Waals surface area (Å²) in [6.07, 6.45) is 14.2. The average Bonchev–Trinajstić information content (AvgIpc) is 2.73. The van der Waals surface area contributed by atoms with E-state index >= 15 is 0 Å². The maximum Gasteiger partial charge on any atom is -1.00 e. The summed E-state index contributed by atoms with van der Waals surface area (Å²) >= 11 is -1.55. The Morgan fingerprint density at radius 2 is 2.00 bits per heavy atom. The van der Waals surface area contributed by atoms with Crippen LogP contribution in [0.25, 0.3) is 0 Å². The van der Waals surface area contributed by atoms with Crippen molar-refractivity contribution >= 4 is 13.3 Å². The topological polar surface area (TPSA) is 0 Å². The fourth-order valence-corrected chi connectivity index (χ4v) is 11.0. The molecule has 0 unspecified atom stereocenters. The molecule has 0 N–H and O–H groups in total. The zero-order valence-corrected chi connectivity index (χ0v) is 13.5. The maximum absolute atomic E-state index is 2.51. The van der Waals surface area contributed by atoms with Gasteiger partial charge in [-0.2, -0.15) is 0 Å². The van der Waals surface area contributed by atoms with Gasteiger partial charge in [0, 0.05) is 0 Å². The Morgan fingerprint density at radius 3 is 2.60 bits per heavy atom. The molecule has 0 aromatic rings. The van der Waals surface area contributed by atoms with Gasteiger partial charge in [-0.25, -0.2) is 0 Å². The summed E-state index contributed by atoms with van der Waals surface area (Å²) in [7, 11) is 0. The van der Waals surface area contributed by atoms with Gasteiger partial charge in [0.15, 0.2) is 0 Å². The molecule has 2 rings (SSSR count). The summed E-state index contributed by atoms with van der Waals surface area (Å²) in [5.74, 6) is 7.54. The van der Waals surface area contributed by atoms with Crippen molar-refractivity contribution in [3.63, 3.8) is 0 Å². The monoisotopic (exact) mass is 298 g/mol. The Morgan fingerprint density at radius 1 is 1.20 bits per heavy atom. The first-order chi connectivity index (χ1) is 7.07. The molecule has 0 saturated heterocycles. The predicted molar refractivity (Wildman–Crippen MR) is 68.2 cm³/mol. The molecule has 0 aromatic carbocycles. The van der Waals surface area contributed by atoms with Gasteiger partial charge in [-0.15, -0.1) is 0 Å². The van der Waals surface area contributed by atoms with E-state index in [1.807, 2.05) is 3.88 Å². The van der Waals surface area contributed by atoms with Crippen LogP contribution in [-0.2, 0) is 19.2 Å². The Kier molecular flexibility index (Phi) is 3.59. The van der Waals surface area contributed by atoms with Gasteiger partial charge in [-0.1, -0.05) is 0 Å². The molecule has 2 heteroatoms. The molecule has 0 nitrogen and oxygen atoms in total. The van der Waals surface area contributed by atoms with Gasteiger partial charge >= 0.3 is 105 Å². The van der Waals surface area contributed by atoms with Crippen molar-refractivity contribution in [1.82, 2.24) is 0 Å². The van der Waals surface area contributed by atoms with E-state index in [9.17, 15) is 0 Å². The number of allylic oxidation sites excluding steroid dienone is 8. The molecule has 0 amide bonds. The van der Waals surface area contributed by atoms with Crippen LogP contribution in [0.2, 0.25) is 17.3 Å². The first-order valence-corrected chi connectivity index (χ1v) is 14.5. The quantitative estimate of drug-likeness (QED) is 0.684. The van der Waals surface area contributed by atoms with E-state index in [0.29, 0.717) is 0 Å². The molecule has 0 heterocycles. The van der Waals surface area contributed by atoms with Crippen LogP contribution in [0.15, 0.2) is 42.5 Å². The molecule has 0 radical (unpaired) electrons. The summed E-state index contributed by atoms with van der Waals surface area (Å²) in [5.41, 5.74) is 0. The molecule has 80 valence electrons. The van der Waals surface area contributed by atoms with Crippen molar-refractivity contribution in [3.8, 4) is 0 Å². The minimum atomic E-state index is -1.58. The van der Waals surface area contributed by atoms with Crippen molar-refractivity contribution < 1.29 is 22.0 Å². The fourth-order valence-electron chi connectivity index (χ4n) is 2.06. The van der Waals surface area contributed by atoms with Crippen LogP contribution >= 0.6 is 0 Å². The summed E-state index contributed by atoms with van der Waals surface area (Å²) in [6.45, 7) is 0. The van der Waals surface area contributed by atoms with Crippen LogP contribution in [0.5, 0.6) is 0 Å². The first kappa shape index (κ1) is 11.7.